The second-order valence-electron chi connectivity index (χ2n) is 3.17. The molecule has 0 aliphatic rings. The highest BCUT2D eigenvalue weighted by Gasteiger charge is 2.11. The molecule has 5 N–H and O–H groups in total. The fourth-order valence-electron chi connectivity index (χ4n) is 1.22. The third-order valence-corrected chi connectivity index (χ3v) is 2.84. The Labute approximate surface area is 93.4 Å². The van der Waals surface area contributed by atoms with Crippen molar-refractivity contribution in [2.24, 2.45) is 11.6 Å². The highest BCUT2D eigenvalue weighted by molar-refractivity contribution is 7.98. The van der Waals surface area contributed by atoms with E-state index in [0.29, 0.717) is 6.42 Å². The predicted molar refractivity (Wildman–Crippen MR) is 62.2 cm³/mol. The zero-order valence-electron chi connectivity index (χ0n) is 8.57. The van der Waals surface area contributed by atoms with E-state index < -0.39 is 6.04 Å². The Balaban J connectivity index is 2.60. The van der Waals surface area contributed by atoms with Crippen LogP contribution in [0, 0.1) is 0 Å². The summed E-state index contributed by atoms with van der Waals surface area (Å²) < 4.78 is 0. The molecule has 0 heterocycles. The number of hydrogen-bond acceptors (Lipinski definition) is 4. The molecule has 0 aliphatic carbocycles. The van der Waals surface area contributed by atoms with Gasteiger partial charge in [0.1, 0.15) is 0 Å². The Hall–Kier alpha value is -1.04. The lowest BCUT2D eigenvalue weighted by Crippen LogP contribution is -2.45. The van der Waals surface area contributed by atoms with Gasteiger partial charge < -0.3 is 5.73 Å². The van der Waals surface area contributed by atoms with Crippen LogP contribution in [-0.4, -0.2) is 18.2 Å². The van der Waals surface area contributed by atoms with Gasteiger partial charge in [0.15, 0.2) is 0 Å². The smallest absolute Gasteiger partial charge is 0.251 e. The molecule has 0 saturated heterocycles. The van der Waals surface area contributed by atoms with E-state index in [1.807, 2.05) is 35.9 Å². The number of amides is 1. The highest BCUT2D eigenvalue weighted by Crippen LogP contribution is 2.15. The minimum absolute atomic E-state index is 0.344. The lowest BCUT2D eigenvalue weighted by molar-refractivity contribution is -0.122. The van der Waals surface area contributed by atoms with E-state index in [4.69, 9.17) is 11.6 Å². The molecule has 0 bridgehead atoms. The lowest BCUT2D eigenvalue weighted by Gasteiger charge is -2.09. The van der Waals surface area contributed by atoms with Crippen LogP contribution in [0.2, 0.25) is 0 Å². The van der Waals surface area contributed by atoms with Crippen LogP contribution in [0.15, 0.2) is 29.2 Å². The van der Waals surface area contributed by atoms with Crippen LogP contribution in [0.25, 0.3) is 0 Å². The quantitative estimate of drug-likeness (QED) is 0.297. The van der Waals surface area contributed by atoms with Crippen molar-refractivity contribution in [1.29, 1.82) is 0 Å². The molecular formula is C10H15N3OS. The fourth-order valence-corrected chi connectivity index (χ4v) is 1.62. The fraction of sp³-hybridized carbons (Fsp3) is 0.300. The Morgan fingerprint density at radius 2 is 2.07 bits per heavy atom. The topological polar surface area (TPSA) is 81.1 Å². The molecule has 1 amide bonds. The van der Waals surface area contributed by atoms with E-state index in [9.17, 15) is 4.79 Å². The maximum atomic E-state index is 11.1. The number of thioether (sulfide) groups is 1. The minimum Gasteiger partial charge on any atom is -0.320 e. The zero-order valence-corrected chi connectivity index (χ0v) is 9.38. The molecule has 0 fully saturated rings. The van der Waals surface area contributed by atoms with E-state index in [1.54, 1.807) is 11.8 Å². The van der Waals surface area contributed by atoms with Gasteiger partial charge in [0.05, 0.1) is 6.04 Å². The lowest BCUT2D eigenvalue weighted by atomic mass is 10.1. The van der Waals surface area contributed by atoms with Crippen LogP contribution >= 0.6 is 11.8 Å². The second kappa shape index (κ2) is 5.75. The van der Waals surface area contributed by atoms with Crippen LogP contribution in [0.3, 0.4) is 0 Å². The van der Waals surface area contributed by atoms with E-state index in [2.05, 4.69) is 0 Å². The van der Waals surface area contributed by atoms with Gasteiger partial charge in [0.2, 0.25) is 0 Å². The number of hydrogen-bond donors (Lipinski definition) is 3. The molecule has 1 aromatic rings. The molecule has 0 aromatic heterocycles. The number of carbonyl (C=O) groups is 1. The molecule has 1 rings (SSSR count). The van der Waals surface area contributed by atoms with Gasteiger partial charge in [-0.3, -0.25) is 10.2 Å². The summed E-state index contributed by atoms with van der Waals surface area (Å²) in [4.78, 5) is 12.3. The van der Waals surface area contributed by atoms with E-state index >= 15 is 0 Å². The predicted octanol–water partition coefficient (Wildman–Crippen LogP) is 0.268. The van der Waals surface area contributed by atoms with Crippen molar-refractivity contribution in [2.75, 3.05) is 6.26 Å². The summed E-state index contributed by atoms with van der Waals surface area (Å²) >= 11 is 1.68. The summed E-state index contributed by atoms with van der Waals surface area (Å²) in [5.74, 6) is 4.65. The first-order chi connectivity index (χ1) is 7.17. The highest BCUT2D eigenvalue weighted by atomic mass is 32.2. The number of nitrogens with one attached hydrogen (secondary N) is 1. The van der Waals surface area contributed by atoms with Crippen molar-refractivity contribution in [3.05, 3.63) is 29.8 Å². The first-order valence-corrected chi connectivity index (χ1v) is 5.79. The summed E-state index contributed by atoms with van der Waals surface area (Å²) in [5.41, 5.74) is 8.70. The van der Waals surface area contributed by atoms with Gasteiger partial charge in [0, 0.05) is 4.90 Å². The first kappa shape index (κ1) is 12.0. The average Bonchev–Trinajstić information content (AvgIpc) is 2.29. The van der Waals surface area contributed by atoms with Gasteiger partial charge in [-0.1, -0.05) is 12.1 Å². The summed E-state index contributed by atoms with van der Waals surface area (Å²) in [6.45, 7) is 0. The number of nitrogens with two attached hydrogens (primary N) is 2. The Kier molecular flexibility index (Phi) is 4.61. The average molecular weight is 225 g/mol. The summed E-state index contributed by atoms with van der Waals surface area (Å²) in [6.07, 6.45) is 2.51. The maximum absolute atomic E-state index is 11.1. The number of rotatable bonds is 4. The molecule has 0 saturated carbocycles. The summed E-state index contributed by atoms with van der Waals surface area (Å²) in [7, 11) is 0. The van der Waals surface area contributed by atoms with Crippen LogP contribution < -0.4 is 17.0 Å². The maximum Gasteiger partial charge on any atom is 0.251 e. The summed E-state index contributed by atoms with van der Waals surface area (Å²) in [5, 5.41) is 0. The number of carbonyl (C=O) groups excluding carboxylic acids is 1. The molecule has 15 heavy (non-hydrogen) atoms. The summed E-state index contributed by atoms with van der Waals surface area (Å²) in [6, 6.07) is 7.36. The SMILES string of the molecule is CSc1ccc(CC(N)C(=O)NN)cc1. The van der Waals surface area contributed by atoms with Crippen LogP contribution in [0.1, 0.15) is 5.56 Å². The number of benzene rings is 1. The van der Waals surface area contributed by atoms with Gasteiger partial charge in [-0.15, -0.1) is 11.8 Å². The standard InChI is InChI=1S/C10H15N3OS/c1-15-8-4-2-7(3-5-8)6-9(11)10(14)13-12/h2-5,9H,6,11-12H2,1H3,(H,13,14). The Bertz CT molecular complexity index is 326. The molecule has 5 heteroatoms. The minimum atomic E-state index is -0.588. The van der Waals surface area contributed by atoms with E-state index in [0.717, 1.165) is 5.56 Å². The van der Waals surface area contributed by atoms with Crippen LogP contribution in [0.5, 0.6) is 0 Å². The van der Waals surface area contributed by atoms with Crippen molar-refractivity contribution in [3.8, 4) is 0 Å². The zero-order chi connectivity index (χ0) is 11.3. The first-order valence-electron chi connectivity index (χ1n) is 4.56. The molecular weight excluding hydrogens is 210 g/mol. The normalized spacial score (nSPS) is 12.2. The van der Waals surface area contributed by atoms with Gasteiger partial charge in [-0.2, -0.15) is 0 Å². The van der Waals surface area contributed by atoms with Crippen molar-refractivity contribution < 1.29 is 4.79 Å². The molecule has 0 radical (unpaired) electrons. The van der Waals surface area contributed by atoms with Crippen molar-refractivity contribution >= 4 is 17.7 Å². The van der Waals surface area contributed by atoms with Gasteiger partial charge in [-0.05, 0) is 30.4 Å². The van der Waals surface area contributed by atoms with E-state index in [-0.39, 0.29) is 5.91 Å². The number of hydrazine groups is 1. The van der Waals surface area contributed by atoms with Crippen molar-refractivity contribution in [2.45, 2.75) is 17.4 Å². The molecule has 82 valence electrons. The largest absolute Gasteiger partial charge is 0.320 e. The van der Waals surface area contributed by atoms with Gasteiger partial charge in [-0.25, -0.2) is 5.84 Å². The van der Waals surface area contributed by atoms with Gasteiger partial charge in [0.25, 0.3) is 5.91 Å². The van der Waals surface area contributed by atoms with Crippen molar-refractivity contribution in [3.63, 3.8) is 0 Å². The molecule has 0 aliphatic heterocycles. The molecule has 0 spiro atoms. The van der Waals surface area contributed by atoms with Gasteiger partial charge >= 0.3 is 0 Å². The van der Waals surface area contributed by atoms with E-state index in [1.165, 1.54) is 4.90 Å². The molecule has 1 aromatic carbocycles. The van der Waals surface area contributed by atoms with Crippen LogP contribution in [-0.2, 0) is 11.2 Å². The second-order valence-corrected chi connectivity index (χ2v) is 4.05. The van der Waals surface area contributed by atoms with Crippen LogP contribution in [0.4, 0.5) is 0 Å². The molecule has 1 atom stereocenters. The Morgan fingerprint density at radius 1 is 1.47 bits per heavy atom. The molecule has 4 nitrogen and oxygen atoms in total. The third-order valence-electron chi connectivity index (χ3n) is 2.09. The molecule has 1 unspecified atom stereocenters. The Morgan fingerprint density at radius 3 is 2.53 bits per heavy atom. The van der Waals surface area contributed by atoms with Crippen molar-refractivity contribution in [1.82, 2.24) is 5.43 Å². The third kappa shape index (κ3) is 3.54. The monoisotopic (exact) mass is 225 g/mol.